The molecule has 7 atom stereocenters. The van der Waals surface area contributed by atoms with Crippen molar-refractivity contribution < 1.29 is 19.1 Å². The SMILES string of the molecule is O=C(Oc1cccc2cccnc12)[C@H](Cc1ccccc1)N1C(=O)[C@@H]2[C@H]3C=C[C@@H]([C@@H]4C[C@@H]34)[C@H]2C1=O. The Labute approximate surface area is 202 Å². The number of allylic oxidation sites excluding steroid dienone is 2. The zero-order chi connectivity index (χ0) is 23.7. The fourth-order valence-electron chi connectivity index (χ4n) is 6.74. The van der Waals surface area contributed by atoms with Gasteiger partial charge in [0.05, 0.1) is 11.8 Å². The molecule has 0 spiro atoms. The van der Waals surface area contributed by atoms with Crippen LogP contribution in [-0.2, 0) is 20.8 Å². The standard InChI is InChI=1S/C29H24N2O4/c32-27-24-18-11-12-19(21-15-20(18)21)25(24)28(33)31(27)22(14-16-6-2-1-3-7-16)29(34)35-23-10-4-8-17-9-5-13-30-26(17)23/h1-13,18-22,24-25H,14-15H2/t18-,19-,20-,21-,22-,24+,25+/m0/s1. The number of hydrogen-bond donors (Lipinski definition) is 0. The smallest absolute Gasteiger partial charge is 0.335 e. The van der Waals surface area contributed by atoms with Crippen LogP contribution < -0.4 is 4.74 Å². The number of benzene rings is 2. The van der Waals surface area contributed by atoms with Crippen LogP contribution in [0.4, 0.5) is 0 Å². The molecule has 174 valence electrons. The average Bonchev–Trinajstić information content (AvgIpc) is 3.67. The third-order valence-electron chi connectivity index (χ3n) is 8.36. The number of rotatable bonds is 5. The largest absolute Gasteiger partial charge is 0.423 e. The fraction of sp³-hybridized carbons (Fsp3) is 0.310. The maximum absolute atomic E-state index is 13.8. The van der Waals surface area contributed by atoms with E-state index in [0.717, 1.165) is 17.4 Å². The highest BCUT2D eigenvalue weighted by atomic mass is 16.5. The van der Waals surface area contributed by atoms with Gasteiger partial charge in [0.25, 0.3) is 0 Å². The predicted molar refractivity (Wildman–Crippen MR) is 128 cm³/mol. The summed E-state index contributed by atoms with van der Waals surface area (Å²) in [5.74, 6) is -0.230. The minimum Gasteiger partial charge on any atom is -0.423 e. The Morgan fingerprint density at radius 1 is 0.914 bits per heavy atom. The molecule has 0 radical (unpaired) electrons. The van der Waals surface area contributed by atoms with Crippen molar-refractivity contribution in [3.63, 3.8) is 0 Å². The number of ether oxygens (including phenoxy) is 1. The van der Waals surface area contributed by atoms with Crippen LogP contribution >= 0.6 is 0 Å². The van der Waals surface area contributed by atoms with Gasteiger partial charge in [0.1, 0.15) is 11.6 Å². The zero-order valence-electron chi connectivity index (χ0n) is 19.0. The van der Waals surface area contributed by atoms with E-state index < -0.39 is 12.0 Å². The van der Waals surface area contributed by atoms with Gasteiger partial charge in [0, 0.05) is 18.0 Å². The predicted octanol–water partition coefficient (Wildman–Crippen LogP) is 3.80. The Bertz CT molecular complexity index is 1360. The third-order valence-corrected chi connectivity index (χ3v) is 8.36. The number of para-hydroxylation sites is 1. The highest BCUT2D eigenvalue weighted by Gasteiger charge is 2.68. The maximum atomic E-state index is 13.8. The molecular weight excluding hydrogens is 440 g/mol. The molecule has 2 aromatic carbocycles. The molecule has 8 rings (SSSR count). The van der Waals surface area contributed by atoms with E-state index in [1.807, 2.05) is 48.5 Å². The summed E-state index contributed by atoms with van der Waals surface area (Å²) in [6.07, 6.45) is 7.24. The minimum absolute atomic E-state index is 0.104. The highest BCUT2D eigenvalue weighted by molar-refractivity contribution is 6.09. The lowest BCUT2D eigenvalue weighted by molar-refractivity contribution is -0.153. The van der Waals surface area contributed by atoms with Crippen molar-refractivity contribution in [2.75, 3.05) is 0 Å². The van der Waals surface area contributed by atoms with Crippen molar-refractivity contribution >= 4 is 28.7 Å². The number of carbonyl (C=O) groups excluding carboxylic acids is 3. The first kappa shape index (κ1) is 20.6. The molecule has 35 heavy (non-hydrogen) atoms. The first-order valence-corrected chi connectivity index (χ1v) is 12.3. The van der Waals surface area contributed by atoms with E-state index >= 15 is 0 Å². The second-order valence-electron chi connectivity index (χ2n) is 10.2. The van der Waals surface area contributed by atoms with Gasteiger partial charge in [-0.05, 0) is 47.8 Å². The maximum Gasteiger partial charge on any atom is 0.335 e. The third kappa shape index (κ3) is 3.09. The number of aromatic nitrogens is 1. The number of nitrogens with zero attached hydrogens (tertiary/aromatic N) is 2. The molecule has 1 aliphatic heterocycles. The van der Waals surface area contributed by atoms with Crippen LogP contribution in [-0.4, -0.2) is 33.7 Å². The second kappa shape index (κ2) is 7.60. The zero-order valence-corrected chi connectivity index (χ0v) is 19.0. The van der Waals surface area contributed by atoms with E-state index in [0.29, 0.717) is 23.1 Å². The summed E-state index contributed by atoms with van der Waals surface area (Å²) in [5, 5.41) is 0.846. The van der Waals surface area contributed by atoms with E-state index in [1.165, 1.54) is 4.90 Å². The van der Waals surface area contributed by atoms with Gasteiger partial charge in [-0.2, -0.15) is 0 Å². The van der Waals surface area contributed by atoms with Gasteiger partial charge < -0.3 is 4.74 Å². The number of likely N-dealkylation sites (tertiary alicyclic amines) is 1. The van der Waals surface area contributed by atoms with E-state index in [-0.39, 0.29) is 41.9 Å². The van der Waals surface area contributed by atoms with Gasteiger partial charge >= 0.3 is 5.97 Å². The summed E-state index contributed by atoms with van der Waals surface area (Å²) in [6, 6.07) is 17.6. The monoisotopic (exact) mass is 464 g/mol. The lowest BCUT2D eigenvalue weighted by Gasteiger charge is -2.37. The van der Waals surface area contributed by atoms with Gasteiger partial charge in [-0.25, -0.2) is 4.79 Å². The second-order valence-corrected chi connectivity index (χ2v) is 10.2. The van der Waals surface area contributed by atoms with Crippen LogP contribution in [0.3, 0.4) is 0 Å². The van der Waals surface area contributed by atoms with Crippen molar-refractivity contribution in [1.29, 1.82) is 0 Å². The minimum atomic E-state index is -1.03. The summed E-state index contributed by atoms with van der Waals surface area (Å²) in [5.41, 5.74) is 1.43. The van der Waals surface area contributed by atoms with Crippen LogP contribution in [0.2, 0.25) is 0 Å². The van der Waals surface area contributed by atoms with E-state index in [4.69, 9.17) is 4.74 Å². The molecule has 2 bridgehead atoms. The Morgan fingerprint density at radius 3 is 2.31 bits per heavy atom. The van der Waals surface area contributed by atoms with Gasteiger partial charge in [-0.1, -0.05) is 60.7 Å². The van der Waals surface area contributed by atoms with Crippen molar-refractivity contribution in [1.82, 2.24) is 9.88 Å². The summed E-state index contributed by atoms with van der Waals surface area (Å²) >= 11 is 0. The van der Waals surface area contributed by atoms with Crippen LogP contribution in [0.15, 0.2) is 79.0 Å². The van der Waals surface area contributed by atoms with Crippen molar-refractivity contribution in [2.45, 2.75) is 18.9 Å². The molecule has 6 heteroatoms. The number of amides is 2. The quantitative estimate of drug-likeness (QED) is 0.248. The topological polar surface area (TPSA) is 76.6 Å². The lowest BCUT2D eigenvalue weighted by Crippen LogP contribution is -2.48. The normalized spacial score (nSPS) is 30.8. The molecule has 6 nitrogen and oxygen atoms in total. The Kier molecular flexibility index (Phi) is 4.47. The van der Waals surface area contributed by atoms with Gasteiger partial charge in [-0.15, -0.1) is 0 Å². The summed E-state index contributed by atoms with van der Waals surface area (Å²) in [4.78, 5) is 46.8. The molecule has 2 amide bonds. The molecule has 3 fully saturated rings. The van der Waals surface area contributed by atoms with Crippen molar-refractivity contribution in [3.05, 3.63) is 84.6 Å². The molecular formula is C29H24N2O4. The summed E-state index contributed by atoms with van der Waals surface area (Å²) in [7, 11) is 0. The van der Waals surface area contributed by atoms with Crippen molar-refractivity contribution in [2.24, 2.45) is 35.5 Å². The molecule has 2 saturated carbocycles. The van der Waals surface area contributed by atoms with Gasteiger partial charge in [-0.3, -0.25) is 19.5 Å². The van der Waals surface area contributed by atoms with E-state index in [9.17, 15) is 14.4 Å². The Balaban J connectivity index is 1.25. The van der Waals surface area contributed by atoms with E-state index in [2.05, 4.69) is 17.1 Å². The molecule has 1 aromatic heterocycles. The number of hydrogen-bond acceptors (Lipinski definition) is 5. The Morgan fingerprint density at radius 2 is 1.60 bits per heavy atom. The first-order valence-electron chi connectivity index (χ1n) is 12.3. The van der Waals surface area contributed by atoms with Crippen LogP contribution in [0, 0.1) is 35.5 Å². The number of pyridine rings is 1. The molecule has 3 aromatic rings. The molecule has 0 N–H and O–H groups in total. The first-order chi connectivity index (χ1) is 17.1. The number of imide groups is 1. The number of carbonyl (C=O) groups is 3. The molecule has 4 aliphatic carbocycles. The summed E-state index contributed by atoms with van der Waals surface area (Å²) in [6.45, 7) is 0. The van der Waals surface area contributed by atoms with E-state index in [1.54, 1.807) is 18.3 Å². The molecule has 0 unspecified atom stereocenters. The molecule has 5 aliphatic rings. The Hall–Kier alpha value is -3.80. The molecule has 2 heterocycles. The van der Waals surface area contributed by atoms with Crippen LogP contribution in [0.1, 0.15) is 12.0 Å². The van der Waals surface area contributed by atoms with Gasteiger partial charge in [0.15, 0.2) is 5.75 Å². The van der Waals surface area contributed by atoms with Crippen LogP contribution in [0.25, 0.3) is 10.9 Å². The lowest BCUT2D eigenvalue weighted by atomic mass is 9.63. The number of fused-ring (bicyclic) bond motifs is 1. The van der Waals surface area contributed by atoms with Gasteiger partial charge in [0.2, 0.25) is 11.8 Å². The number of esters is 1. The summed E-state index contributed by atoms with van der Waals surface area (Å²) < 4.78 is 5.86. The van der Waals surface area contributed by atoms with Crippen LogP contribution in [0.5, 0.6) is 5.75 Å². The molecule has 1 saturated heterocycles. The average molecular weight is 465 g/mol. The van der Waals surface area contributed by atoms with Crippen molar-refractivity contribution in [3.8, 4) is 5.75 Å². The highest BCUT2D eigenvalue weighted by Crippen LogP contribution is 2.65. The fourth-order valence-corrected chi connectivity index (χ4v) is 6.74.